The van der Waals surface area contributed by atoms with Gasteiger partial charge in [-0.2, -0.15) is 0 Å². The molecule has 0 aliphatic rings. The van der Waals surface area contributed by atoms with E-state index in [2.05, 4.69) is 5.32 Å². The molecule has 26 heavy (non-hydrogen) atoms. The van der Waals surface area contributed by atoms with Crippen LogP contribution in [0.1, 0.15) is 25.5 Å². The van der Waals surface area contributed by atoms with Gasteiger partial charge < -0.3 is 10.1 Å². The fourth-order valence-corrected chi connectivity index (χ4v) is 3.66. The summed E-state index contributed by atoms with van der Waals surface area (Å²) in [6, 6.07) is 14.0. The molecule has 1 amide bonds. The standard InChI is InChI=1S/C19H23NO4S2/c1-4-24-16-7-9-17(10-8-16)25-13-19(21)20-14(2)15-5-11-18(12-6-15)26(3,22)23/h5-12,14H,4,13H2,1-3H3,(H,20,21). The lowest BCUT2D eigenvalue weighted by atomic mass is 10.1. The number of thioether (sulfide) groups is 1. The molecular weight excluding hydrogens is 370 g/mol. The van der Waals surface area contributed by atoms with Gasteiger partial charge in [-0.3, -0.25) is 4.79 Å². The zero-order valence-corrected chi connectivity index (χ0v) is 16.7. The molecule has 2 aromatic rings. The van der Waals surface area contributed by atoms with Crippen molar-refractivity contribution in [2.45, 2.75) is 29.7 Å². The summed E-state index contributed by atoms with van der Waals surface area (Å²) in [5, 5.41) is 2.92. The Morgan fingerprint density at radius 3 is 2.27 bits per heavy atom. The van der Waals surface area contributed by atoms with E-state index in [-0.39, 0.29) is 16.8 Å². The predicted octanol–water partition coefficient (Wildman–Crippen LogP) is 3.46. The minimum absolute atomic E-state index is 0.0800. The molecule has 0 saturated carbocycles. The minimum Gasteiger partial charge on any atom is -0.494 e. The Balaban J connectivity index is 1.86. The van der Waals surface area contributed by atoms with E-state index in [0.29, 0.717) is 12.4 Å². The van der Waals surface area contributed by atoms with Crippen LogP contribution in [0.5, 0.6) is 5.75 Å². The first-order valence-corrected chi connectivity index (χ1v) is 11.1. The molecule has 5 nitrogen and oxygen atoms in total. The molecule has 7 heteroatoms. The summed E-state index contributed by atoms with van der Waals surface area (Å²) in [6.07, 6.45) is 1.17. The number of benzene rings is 2. The van der Waals surface area contributed by atoms with E-state index in [1.807, 2.05) is 38.1 Å². The summed E-state index contributed by atoms with van der Waals surface area (Å²) in [5.74, 6) is 1.04. The van der Waals surface area contributed by atoms with Gasteiger partial charge in [-0.25, -0.2) is 8.42 Å². The van der Waals surface area contributed by atoms with Crippen molar-refractivity contribution in [3.63, 3.8) is 0 Å². The molecule has 140 valence electrons. The Morgan fingerprint density at radius 2 is 1.73 bits per heavy atom. The van der Waals surface area contributed by atoms with Gasteiger partial charge in [0.2, 0.25) is 5.91 Å². The largest absolute Gasteiger partial charge is 0.494 e. The maximum absolute atomic E-state index is 12.1. The van der Waals surface area contributed by atoms with Crippen molar-refractivity contribution in [1.82, 2.24) is 5.32 Å². The molecule has 0 saturated heterocycles. The van der Waals surface area contributed by atoms with Crippen molar-refractivity contribution in [1.29, 1.82) is 0 Å². The van der Waals surface area contributed by atoms with Crippen LogP contribution in [0.15, 0.2) is 58.3 Å². The van der Waals surface area contributed by atoms with Crippen LogP contribution in [0.2, 0.25) is 0 Å². The first kappa shape index (κ1) is 20.3. The van der Waals surface area contributed by atoms with Gasteiger partial charge >= 0.3 is 0 Å². The lowest BCUT2D eigenvalue weighted by Gasteiger charge is -2.14. The average Bonchev–Trinajstić information content (AvgIpc) is 2.61. The first-order chi connectivity index (χ1) is 12.3. The Labute approximate surface area is 159 Å². The molecule has 0 heterocycles. The van der Waals surface area contributed by atoms with E-state index < -0.39 is 9.84 Å². The number of hydrogen-bond acceptors (Lipinski definition) is 5. The molecule has 0 bridgehead atoms. The highest BCUT2D eigenvalue weighted by Crippen LogP contribution is 2.22. The van der Waals surface area contributed by atoms with Gasteiger partial charge in [0, 0.05) is 11.2 Å². The molecule has 0 spiro atoms. The second-order valence-corrected chi connectivity index (χ2v) is 8.89. The zero-order chi connectivity index (χ0) is 19.2. The van der Waals surface area contributed by atoms with Crippen LogP contribution in [0.25, 0.3) is 0 Å². The number of nitrogens with one attached hydrogen (secondary N) is 1. The van der Waals surface area contributed by atoms with E-state index >= 15 is 0 Å². The smallest absolute Gasteiger partial charge is 0.230 e. The normalized spacial score (nSPS) is 12.4. The van der Waals surface area contributed by atoms with Crippen molar-refractivity contribution in [3.8, 4) is 5.75 Å². The Kier molecular flexibility index (Phi) is 7.11. The number of carbonyl (C=O) groups is 1. The summed E-state index contributed by atoms with van der Waals surface area (Å²) in [7, 11) is -3.21. The first-order valence-electron chi connectivity index (χ1n) is 8.24. The molecular formula is C19H23NO4S2. The van der Waals surface area contributed by atoms with E-state index in [1.165, 1.54) is 18.0 Å². The number of ether oxygens (including phenoxy) is 1. The van der Waals surface area contributed by atoms with Crippen molar-refractivity contribution >= 4 is 27.5 Å². The molecule has 0 aliphatic carbocycles. The molecule has 1 N–H and O–H groups in total. The molecule has 1 unspecified atom stereocenters. The van der Waals surface area contributed by atoms with E-state index in [9.17, 15) is 13.2 Å². The van der Waals surface area contributed by atoms with Gasteiger partial charge in [-0.1, -0.05) is 12.1 Å². The second-order valence-electron chi connectivity index (χ2n) is 5.82. The Hall–Kier alpha value is -1.99. The van der Waals surface area contributed by atoms with Crippen LogP contribution in [0.3, 0.4) is 0 Å². The summed E-state index contributed by atoms with van der Waals surface area (Å²) >= 11 is 1.45. The summed E-state index contributed by atoms with van der Waals surface area (Å²) in [5.41, 5.74) is 0.858. The maximum Gasteiger partial charge on any atom is 0.230 e. The molecule has 0 radical (unpaired) electrons. The number of sulfone groups is 1. The van der Waals surface area contributed by atoms with Gasteiger partial charge in [0.1, 0.15) is 5.75 Å². The highest BCUT2D eigenvalue weighted by Gasteiger charge is 2.12. The topological polar surface area (TPSA) is 72.5 Å². The molecule has 2 aromatic carbocycles. The van der Waals surface area contributed by atoms with Gasteiger partial charge in [0.15, 0.2) is 9.84 Å². The number of amides is 1. The zero-order valence-electron chi connectivity index (χ0n) is 15.1. The Bertz CT molecular complexity index is 831. The SMILES string of the molecule is CCOc1ccc(SCC(=O)NC(C)c2ccc(S(C)(=O)=O)cc2)cc1. The molecule has 2 rings (SSSR count). The highest BCUT2D eigenvalue weighted by molar-refractivity contribution is 8.00. The predicted molar refractivity (Wildman–Crippen MR) is 104 cm³/mol. The van der Waals surface area contributed by atoms with Gasteiger partial charge in [0.25, 0.3) is 0 Å². The second kappa shape index (κ2) is 9.09. The third-order valence-electron chi connectivity index (χ3n) is 3.69. The summed E-state index contributed by atoms with van der Waals surface area (Å²) in [4.78, 5) is 13.4. The van der Waals surface area contributed by atoms with Crippen LogP contribution < -0.4 is 10.1 Å². The van der Waals surface area contributed by atoms with E-state index in [0.717, 1.165) is 16.2 Å². The van der Waals surface area contributed by atoms with Crippen molar-refractivity contribution in [2.24, 2.45) is 0 Å². The van der Waals surface area contributed by atoms with Gasteiger partial charge in [0.05, 0.1) is 23.3 Å². The number of carbonyl (C=O) groups excluding carboxylic acids is 1. The molecule has 0 fully saturated rings. The fraction of sp³-hybridized carbons (Fsp3) is 0.316. The quantitative estimate of drug-likeness (QED) is 0.696. The molecule has 0 aliphatic heterocycles. The molecule has 1 atom stereocenters. The monoisotopic (exact) mass is 393 g/mol. The van der Waals surface area contributed by atoms with Gasteiger partial charge in [-0.15, -0.1) is 11.8 Å². The van der Waals surface area contributed by atoms with Crippen LogP contribution in [0, 0.1) is 0 Å². The van der Waals surface area contributed by atoms with Crippen LogP contribution in [-0.4, -0.2) is 32.9 Å². The number of hydrogen-bond donors (Lipinski definition) is 1. The van der Waals surface area contributed by atoms with E-state index in [1.54, 1.807) is 24.3 Å². The van der Waals surface area contributed by atoms with Crippen molar-refractivity contribution < 1.29 is 17.9 Å². The van der Waals surface area contributed by atoms with Crippen molar-refractivity contribution in [2.75, 3.05) is 18.6 Å². The summed E-state index contributed by atoms with van der Waals surface area (Å²) in [6.45, 7) is 4.43. The highest BCUT2D eigenvalue weighted by atomic mass is 32.2. The maximum atomic E-state index is 12.1. The summed E-state index contributed by atoms with van der Waals surface area (Å²) < 4.78 is 28.4. The van der Waals surface area contributed by atoms with Crippen molar-refractivity contribution in [3.05, 3.63) is 54.1 Å². The number of rotatable bonds is 8. The average molecular weight is 394 g/mol. The van der Waals surface area contributed by atoms with Gasteiger partial charge in [-0.05, 0) is 55.8 Å². The lowest BCUT2D eigenvalue weighted by molar-refractivity contribution is -0.119. The minimum atomic E-state index is -3.21. The van der Waals surface area contributed by atoms with Crippen LogP contribution in [0.4, 0.5) is 0 Å². The van der Waals surface area contributed by atoms with Crippen LogP contribution >= 0.6 is 11.8 Å². The molecule has 0 aromatic heterocycles. The lowest BCUT2D eigenvalue weighted by Crippen LogP contribution is -2.28. The fourth-order valence-electron chi connectivity index (χ4n) is 2.32. The van der Waals surface area contributed by atoms with E-state index in [4.69, 9.17) is 4.74 Å². The Morgan fingerprint density at radius 1 is 1.12 bits per heavy atom. The third kappa shape index (κ3) is 6.07. The third-order valence-corrected chi connectivity index (χ3v) is 5.83. The van der Waals surface area contributed by atoms with Crippen LogP contribution in [-0.2, 0) is 14.6 Å².